The minimum atomic E-state index is -0.0478. The molecule has 0 aliphatic carbocycles. The lowest BCUT2D eigenvalue weighted by molar-refractivity contribution is -0.130. The Morgan fingerprint density at radius 1 is 1.22 bits per heavy atom. The van der Waals surface area contributed by atoms with Gasteiger partial charge in [0.15, 0.2) is 0 Å². The van der Waals surface area contributed by atoms with E-state index in [1.165, 1.54) is 0 Å². The van der Waals surface area contributed by atoms with Crippen molar-refractivity contribution >= 4 is 11.9 Å². The average molecular weight is 321 g/mol. The van der Waals surface area contributed by atoms with Crippen LogP contribution in [0.4, 0.5) is 4.79 Å². The molecule has 0 spiro atoms. The normalized spacial score (nSPS) is 16.3. The van der Waals surface area contributed by atoms with Gasteiger partial charge in [-0.05, 0) is 25.8 Å². The van der Waals surface area contributed by atoms with E-state index in [2.05, 4.69) is 23.4 Å². The van der Waals surface area contributed by atoms with Crippen molar-refractivity contribution in [3.63, 3.8) is 0 Å². The Bertz CT molecular complexity index is 561. The number of carbonyl (C=O) groups is 2. The molecule has 3 amide bonds. The third-order valence-corrected chi connectivity index (χ3v) is 4.20. The summed E-state index contributed by atoms with van der Waals surface area (Å²) in [7, 11) is 0. The number of piperazine rings is 1. The predicted octanol–water partition coefficient (Wildman–Crippen LogP) is 1.01. The third-order valence-electron chi connectivity index (χ3n) is 4.20. The van der Waals surface area contributed by atoms with Crippen LogP contribution in [-0.2, 0) is 11.3 Å². The highest BCUT2D eigenvalue weighted by molar-refractivity contribution is 5.76. The molecule has 1 aromatic rings. The highest BCUT2D eigenvalue weighted by Crippen LogP contribution is 2.07. The average Bonchev–Trinajstić information content (AvgIpc) is 2.82. The van der Waals surface area contributed by atoms with Crippen LogP contribution in [-0.4, -0.2) is 64.2 Å². The first-order valence-electron chi connectivity index (χ1n) is 8.16. The van der Waals surface area contributed by atoms with Gasteiger partial charge in [-0.15, -0.1) is 0 Å². The van der Waals surface area contributed by atoms with E-state index in [0.29, 0.717) is 38.6 Å². The first-order chi connectivity index (χ1) is 10.9. The zero-order chi connectivity index (χ0) is 17.0. The summed E-state index contributed by atoms with van der Waals surface area (Å²) < 4.78 is 1.98. The Balaban J connectivity index is 1.74. The molecule has 1 aliphatic rings. The highest BCUT2D eigenvalue weighted by atomic mass is 16.2. The predicted molar refractivity (Wildman–Crippen MR) is 88.1 cm³/mol. The van der Waals surface area contributed by atoms with E-state index >= 15 is 0 Å². The molecule has 0 unspecified atom stereocenters. The Hall–Kier alpha value is -2.05. The summed E-state index contributed by atoms with van der Waals surface area (Å²) in [6, 6.07) is 2.01. The quantitative estimate of drug-likeness (QED) is 0.900. The molecule has 1 aromatic heterocycles. The fraction of sp³-hybridized carbons (Fsp3) is 0.688. The fourth-order valence-electron chi connectivity index (χ4n) is 2.82. The van der Waals surface area contributed by atoms with Crippen LogP contribution < -0.4 is 5.32 Å². The maximum Gasteiger partial charge on any atom is 0.317 e. The molecule has 0 aromatic carbocycles. The maximum absolute atomic E-state index is 12.2. The zero-order valence-electron chi connectivity index (χ0n) is 14.5. The van der Waals surface area contributed by atoms with Gasteiger partial charge in [-0.2, -0.15) is 5.10 Å². The number of aromatic nitrogens is 2. The molecule has 0 bridgehead atoms. The van der Waals surface area contributed by atoms with Crippen LogP contribution in [0.1, 0.15) is 25.2 Å². The lowest BCUT2D eigenvalue weighted by atomic mass is 10.2. The van der Waals surface area contributed by atoms with Crippen LogP contribution in [0.5, 0.6) is 0 Å². The van der Waals surface area contributed by atoms with Crippen LogP contribution in [0, 0.1) is 19.8 Å². The van der Waals surface area contributed by atoms with Crippen LogP contribution in [0.2, 0.25) is 0 Å². The van der Waals surface area contributed by atoms with Gasteiger partial charge >= 0.3 is 6.03 Å². The number of carbonyl (C=O) groups excluding carboxylic acids is 2. The van der Waals surface area contributed by atoms with Gasteiger partial charge in [-0.25, -0.2) is 4.79 Å². The molecule has 0 saturated carbocycles. The van der Waals surface area contributed by atoms with Gasteiger partial charge in [-0.1, -0.05) is 6.92 Å². The SMILES string of the molecule is CC(=O)N1CCN(C(=O)NC[C@H](C)Cn2nc(C)cc2C)CC1. The van der Waals surface area contributed by atoms with E-state index in [1.807, 2.05) is 18.5 Å². The summed E-state index contributed by atoms with van der Waals surface area (Å²) in [6.45, 7) is 11.5. The van der Waals surface area contributed by atoms with Gasteiger partial charge in [0, 0.05) is 51.9 Å². The number of amides is 3. The first-order valence-corrected chi connectivity index (χ1v) is 8.16. The summed E-state index contributed by atoms with van der Waals surface area (Å²) in [4.78, 5) is 27.0. The lowest BCUT2D eigenvalue weighted by Crippen LogP contribution is -2.53. The molecule has 1 saturated heterocycles. The fourth-order valence-corrected chi connectivity index (χ4v) is 2.82. The van der Waals surface area contributed by atoms with Crippen LogP contribution in [0.3, 0.4) is 0 Å². The molecule has 1 atom stereocenters. The van der Waals surface area contributed by atoms with Crippen molar-refractivity contribution in [2.75, 3.05) is 32.7 Å². The summed E-state index contributed by atoms with van der Waals surface area (Å²) in [5, 5.41) is 7.43. The highest BCUT2D eigenvalue weighted by Gasteiger charge is 2.22. The van der Waals surface area contributed by atoms with E-state index in [4.69, 9.17) is 0 Å². The van der Waals surface area contributed by atoms with Crippen molar-refractivity contribution in [1.29, 1.82) is 0 Å². The van der Waals surface area contributed by atoms with E-state index in [9.17, 15) is 9.59 Å². The molecule has 7 heteroatoms. The van der Waals surface area contributed by atoms with E-state index in [-0.39, 0.29) is 11.9 Å². The monoisotopic (exact) mass is 321 g/mol. The smallest absolute Gasteiger partial charge is 0.317 e. The van der Waals surface area contributed by atoms with E-state index in [1.54, 1.807) is 16.7 Å². The number of hydrogen-bond donors (Lipinski definition) is 1. The molecule has 23 heavy (non-hydrogen) atoms. The van der Waals surface area contributed by atoms with E-state index < -0.39 is 0 Å². The molecule has 128 valence electrons. The van der Waals surface area contributed by atoms with Gasteiger partial charge in [0.1, 0.15) is 0 Å². The second-order valence-corrected chi connectivity index (χ2v) is 6.39. The molecular weight excluding hydrogens is 294 g/mol. The van der Waals surface area contributed by atoms with Crippen molar-refractivity contribution in [2.24, 2.45) is 5.92 Å². The summed E-state index contributed by atoms with van der Waals surface area (Å²) in [5.74, 6) is 0.374. The Morgan fingerprint density at radius 2 is 1.83 bits per heavy atom. The maximum atomic E-state index is 12.2. The van der Waals surface area contributed by atoms with Crippen LogP contribution >= 0.6 is 0 Å². The minimum Gasteiger partial charge on any atom is -0.339 e. The third kappa shape index (κ3) is 4.71. The topological polar surface area (TPSA) is 70.5 Å². The molecule has 1 fully saturated rings. The number of urea groups is 1. The summed E-state index contributed by atoms with van der Waals surface area (Å²) in [6.07, 6.45) is 0. The Morgan fingerprint density at radius 3 is 2.35 bits per heavy atom. The van der Waals surface area contributed by atoms with Crippen molar-refractivity contribution < 1.29 is 9.59 Å². The van der Waals surface area contributed by atoms with Crippen molar-refractivity contribution in [2.45, 2.75) is 34.2 Å². The number of rotatable bonds is 4. The van der Waals surface area contributed by atoms with Gasteiger partial charge in [0.2, 0.25) is 5.91 Å². The van der Waals surface area contributed by atoms with Crippen molar-refractivity contribution in [3.8, 4) is 0 Å². The zero-order valence-corrected chi connectivity index (χ0v) is 14.5. The van der Waals surface area contributed by atoms with Crippen LogP contribution in [0.25, 0.3) is 0 Å². The van der Waals surface area contributed by atoms with Gasteiger partial charge in [0.05, 0.1) is 5.69 Å². The lowest BCUT2D eigenvalue weighted by Gasteiger charge is -2.34. The second-order valence-electron chi connectivity index (χ2n) is 6.39. The molecule has 1 N–H and O–H groups in total. The van der Waals surface area contributed by atoms with Crippen molar-refractivity contribution in [1.82, 2.24) is 24.9 Å². The van der Waals surface area contributed by atoms with Crippen LogP contribution in [0.15, 0.2) is 6.07 Å². The summed E-state index contributed by atoms with van der Waals surface area (Å²) in [5.41, 5.74) is 2.16. The molecule has 2 rings (SSSR count). The van der Waals surface area contributed by atoms with Gasteiger partial charge in [-0.3, -0.25) is 9.48 Å². The second kappa shape index (κ2) is 7.48. The summed E-state index contributed by atoms with van der Waals surface area (Å²) >= 11 is 0. The molecule has 1 aliphatic heterocycles. The van der Waals surface area contributed by atoms with Gasteiger partial charge in [0.25, 0.3) is 0 Å². The van der Waals surface area contributed by atoms with Gasteiger partial charge < -0.3 is 15.1 Å². The van der Waals surface area contributed by atoms with Crippen molar-refractivity contribution in [3.05, 3.63) is 17.5 Å². The molecule has 2 heterocycles. The first kappa shape index (κ1) is 17.3. The largest absolute Gasteiger partial charge is 0.339 e. The Labute approximate surface area is 137 Å². The number of nitrogens with zero attached hydrogens (tertiary/aromatic N) is 4. The standard InChI is InChI=1S/C16H27N5O2/c1-12(11-21-14(3)9-13(2)18-21)10-17-16(23)20-7-5-19(6-8-20)15(4)22/h9,12H,5-8,10-11H2,1-4H3,(H,17,23)/t12-/m0/s1. The molecule has 0 radical (unpaired) electrons. The molecule has 7 nitrogen and oxygen atoms in total. The Kier molecular flexibility index (Phi) is 5.63. The number of hydrogen-bond acceptors (Lipinski definition) is 3. The van der Waals surface area contributed by atoms with E-state index in [0.717, 1.165) is 17.9 Å². The number of aryl methyl sites for hydroxylation is 2. The minimum absolute atomic E-state index is 0.0478. The molecular formula is C16H27N5O2. The number of nitrogens with one attached hydrogen (secondary N) is 1.